The minimum absolute atomic E-state index is 0.0234. The second kappa shape index (κ2) is 14.0. The van der Waals surface area contributed by atoms with Crippen LogP contribution in [-0.4, -0.2) is 6.85 Å². The SMILES string of the molecule is CC(C)(C)c1ccc(N2B3c4ccc5c(oc6ccccc65)c4N(c4ccc(C(C)(C)C)cc4-c4ccccc4)c4cc5ccccc5c(c43)-c3cc4c(cc32)C(C)(C)CCC4(C)C)cc1. The van der Waals surface area contributed by atoms with E-state index in [1.807, 2.05) is 0 Å². The van der Waals surface area contributed by atoms with E-state index in [0.29, 0.717) is 0 Å². The summed E-state index contributed by atoms with van der Waals surface area (Å²) in [5.74, 6) is 0. The van der Waals surface area contributed by atoms with Gasteiger partial charge in [-0.2, -0.15) is 0 Å². The average molecular weight is 859 g/mol. The number of nitrogens with zero attached hydrogens (tertiary/aromatic N) is 2. The van der Waals surface area contributed by atoms with Crippen molar-refractivity contribution >= 4 is 78.9 Å². The molecule has 0 saturated heterocycles. The van der Waals surface area contributed by atoms with E-state index >= 15 is 0 Å². The maximum Gasteiger partial charge on any atom is 0.333 e. The van der Waals surface area contributed by atoms with E-state index in [1.54, 1.807) is 0 Å². The molecule has 3 aliphatic rings. The Kier molecular flexibility index (Phi) is 8.69. The van der Waals surface area contributed by atoms with Crippen molar-refractivity contribution in [2.75, 3.05) is 9.71 Å². The van der Waals surface area contributed by atoms with Crippen molar-refractivity contribution in [3.63, 3.8) is 0 Å². The average Bonchev–Trinajstić information content (AvgIpc) is 3.69. The summed E-state index contributed by atoms with van der Waals surface area (Å²) >= 11 is 0. The Bertz CT molecular complexity index is 3450. The molecule has 0 atom stereocenters. The molecular formula is C62H59BN2O. The number of fused-ring (bicyclic) bond motifs is 11. The van der Waals surface area contributed by atoms with Gasteiger partial charge < -0.3 is 14.1 Å². The highest BCUT2D eigenvalue weighted by atomic mass is 16.3. The fraction of sp³-hybridized carbons (Fsp3) is 0.258. The fourth-order valence-corrected chi connectivity index (χ4v) is 11.7. The minimum Gasteiger partial charge on any atom is -0.454 e. The lowest BCUT2D eigenvalue weighted by atomic mass is 9.43. The van der Waals surface area contributed by atoms with Crippen LogP contribution in [0.1, 0.15) is 104 Å². The second-order valence-electron chi connectivity index (χ2n) is 22.8. The Hall–Kier alpha value is -6.52. The van der Waals surface area contributed by atoms with Crippen molar-refractivity contribution in [1.29, 1.82) is 0 Å². The minimum atomic E-state index is -0.164. The number of hydrogen-bond acceptors (Lipinski definition) is 3. The van der Waals surface area contributed by atoms with Gasteiger partial charge >= 0.3 is 6.85 Å². The van der Waals surface area contributed by atoms with Crippen LogP contribution in [-0.2, 0) is 21.7 Å². The molecule has 1 aliphatic carbocycles. The number of para-hydroxylation sites is 1. The summed E-state index contributed by atoms with van der Waals surface area (Å²) < 4.78 is 7.20. The molecule has 2 aliphatic heterocycles. The van der Waals surface area contributed by atoms with Gasteiger partial charge in [-0.15, -0.1) is 0 Å². The van der Waals surface area contributed by atoms with E-state index in [9.17, 15) is 0 Å². The van der Waals surface area contributed by atoms with E-state index < -0.39 is 0 Å². The number of benzene rings is 8. The van der Waals surface area contributed by atoms with E-state index in [4.69, 9.17) is 4.42 Å². The van der Waals surface area contributed by atoms with Crippen LogP contribution in [0.25, 0.3) is 55.0 Å². The van der Waals surface area contributed by atoms with Crippen LogP contribution in [0.4, 0.5) is 28.4 Å². The van der Waals surface area contributed by atoms with Gasteiger partial charge in [0.2, 0.25) is 0 Å². The van der Waals surface area contributed by atoms with Crippen molar-refractivity contribution in [3.8, 4) is 22.3 Å². The summed E-state index contributed by atoms with van der Waals surface area (Å²) in [6.07, 6.45) is 2.31. The topological polar surface area (TPSA) is 19.6 Å². The van der Waals surface area contributed by atoms with Gasteiger partial charge in [0, 0.05) is 39.0 Å². The summed E-state index contributed by atoms with van der Waals surface area (Å²) in [6, 6.07) is 57.8. The second-order valence-corrected chi connectivity index (χ2v) is 22.8. The molecule has 4 heteroatoms. The van der Waals surface area contributed by atoms with Gasteiger partial charge in [0.15, 0.2) is 5.58 Å². The van der Waals surface area contributed by atoms with Crippen molar-refractivity contribution < 1.29 is 4.42 Å². The molecule has 1 aromatic heterocycles. The monoisotopic (exact) mass is 858 g/mol. The molecule has 66 heavy (non-hydrogen) atoms. The van der Waals surface area contributed by atoms with Crippen molar-refractivity contribution in [2.24, 2.45) is 0 Å². The fourth-order valence-electron chi connectivity index (χ4n) is 11.7. The largest absolute Gasteiger partial charge is 0.454 e. The van der Waals surface area contributed by atoms with Gasteiger partial charge in [-0.1, -0.05) is 172 Å². The van der Waals surface area contributed by atoms with Crippen LogP contribution in [0.15, 0.2) is 156 Å². The third kappa shape index (κ3) is 6.02. The van der Waals surface area contributed by atoms with Gasteiger partial charge in [-0.3, -0.25) is 0 Å². The number of furan rings is 1. The Morgan fingerprint density at radius 3 is 1.88 bits per heavy atom. The highest BCUT2D eigenvalue weighted by molar-refractivity contribution is 6.94. The molecule has 0 unspecified atom stereocenters. The lowest BCUT2D eigenvalue weighted by Crippen LogP contribution is -2.61. The zero-order valence-electron chi connectivity index (χ0n) is 40.2. The molecule has 0 amide bonds. The molecule has 8 aromatic carbocycles. The molecule has 0 radical (unpaired) electrons. The molecule has 0 bridgehead atoms. The summed E-state index contributed by atoms with van der Waals surface area (Å²) in [7, 11) is 0. The van der Waals surface area contributed by atoms with Gasteiger partial charge in [0.1, 0.15) is 5.58 Å². The summed E-state index contributed by atoms with van der Waals surface area (Å²) in [6.45, 7) is 23.6. The number of anilines is 5. The van der Waals surface area contributed by atoms with Crippen LogP contribution >= 0.6 is 0 Å². The van der Waals surface area contributed by atoms with Gasteiger partial charge in [0.25, 0.3) is 0 Å². The zero-order chi connectivity index (χ0) is 45.7. The van der Waals surface area contributed by atoms with Crippen LogP contribution in [0.3, 0.4) is 0 Å². The Balaban J connectivity index is 1.27. The summed E-state index contributed by atoms with van der Waals surface area (Å²) in [5, 5.41) is 4.78. The van der Waals surface area contributed by atoms with E-state index in [2.05, 4.69) is 231 Å². The first-order chi connectivity index (χ1) is 31.5. The van der Waals surface area contributed by atoms with Crippen molar-refractivity contribution in [2.45, 2.75) is 104 Å². The van der Waals surface area contributed by atoms with Gasteiger partial charge in [0.05, 0.1) is 11.4 Å². The molecule has 3 heterocycles. The highest BCUT2D eigenvalue weighted by Gasteiger charge is 2.49. The van der Waals surface area contributed by atoms with Gasteiger partial charge in [-0.25, -0.2) is 0 Å². The van der Waals surface area contributed by atoms with E-state index in [-0.39, 0.29) is 28.5 Å². The Morgan fingerprint density at radius 2 is 1.17 bits per heavy atom. The summed E-state index contributed by atoms with van der Waals surface area (Å²) in [4.78, 5) is 5.29. The molecular weight excluding hydrogens is 800 g/mol. The van der Waals surface area contributed by atoms with Crippen LogP contribution in [0.5, 0.6) is 0 Å². The first-order valence-electron chi connectivity index (χ1n) is 24.1. The predicted molar refractivity (Wildman–Crippen MR) is 283 cm³/mol. The standard InChI is InChI=1S/C62H59BN2O/c1-59(2,3)40-24-27-42(28-25-40)65-52-37-49-48(61(7,8)32-33-62(49,9)10)36-47(52)55-43-21-15-14-20-39(43)34-53-56(55)63(65)50-30-29-45-44-22-16-17-23-54(44)66-58(45)57(50)64(53)51-31-26-41(60(4,5)6)35-46(51)38-18-12-11-13-19-38/h11-31,34-37H,32-33H2,1-10H3. The van der Waals surface area contributed by atoms with Crippen LogP contribution in [0.2, 0.25) is 0 Å². The van der Waals surface area contributed by atoms with Crippen LogP contribution in [0, 0.1) is 0 Å². The molecule has 3 nitrogen and oxygen atoms in total. The smallest absolute Gasteiger partial charge is 0.333 e. The van der Waals surface area contributed by atoms with Crippen molar-refractivity contribution in [1.82, 2.24) is 0 Å². The summed E-state index contributed by atoms with van der Waals surface area (Å²) in [5.41, 5.74) is 20.9. The molecule has 9 aromatic rings. The molecule has 0 fully saturated rings. The Labute approximate surface area is 391 Å². The number of hydrogen-bond donors (Lipinski definition) is 0. The van der Waals surface area contributed by atoms with E-state index in [1.165, 1.54) is 83.3 Å². The van der Waals surface area contributed by atoms with Crippen LogP contribution < -0.4 is 20.6 Å². The molecule has 0 saturated carbocycles. The third-order valence-corrected chi connectivity index (χ3v) is 15.6. The Morgan fingerprint density at radius 1 is 0.530 bits per heavy atom. The molecule has 0 spiro atoms. The van der Waals surface area contributed by atoms with Crippen molar-refractivity contribution in [3.05, 3.63) is 174 Å². The zero-order valence-corrected chi connectivity index (χ0v) is 40.2. The van der Waals surface area contributed by atoms with E-state index in [0.717, 1.165) is 46.2 Å². The predicted octanol–water partition coefficient (Wildman–Crippen LogP) is 16.1. The molecule has 12 rings (SSSR count). The maximum absolute atomic E-state index is 7.20. The normalized spacial score (nSPS) is 16.1. The first kappa shape index (κ1) is 41.0. The molecule has 326 valence electrons. The lowest BCUT2D eigenvalue weighted by Gasteiger charge is -2.48. The molecule has 0 N–H and O–H groups in total. The maximum atomic E-state index is 7.20. The third-order valence-electron chi connectivity index (χ3n) is 15.6. The number of rotatable bonds is 3. The van der Waals surface area contributed by atoms with Gasteiger partial charge in [-0.05, 0) is 138 Å². The lowest BCUT2D eigenvalue weighted by molar-refractivity contribution is 0.332. The first-order valence-corrected chi connectivity index (χ1v) is 24.1. The quantitative estimate of drug-likeness (QED) is 0.165. The highest BCUT2D eigenvalue weighted by Crippen LogP contribution is 2.56.